The number of pyridine rings is 1. The van der Waals surface area contributed by atoms with Crippen molar-refractivity contribution in [3.05, 3.63) is 53.4 Å². The van der Waals surface area contributed by atoms with E-state index >= 15 is 0 Å². The van der Waals surface area contributed by atoms with Crippen molar-refractivity contribution in [2.24, 2.45) is 0 Å². The number of nitrogens with one attached hydrogen (secondary N) is 2. The van der Waals surface area contributed by atoms with Crippen LogP contribution in [0, 0.1) is 0 Å². The summed E-state index contributed by atoms with van der Waals surface area (Å²) < 4.78 is 27.7. The second kappa shape index (κ2) is 4.92. The molecule has 0 radical (unpaired) electrons. The van der Waals surface area contributed by atoms with Crippen LogP contribution in [0.5, 0.6) is 0 Å². The van der Waals surface area contributed by atoms with E-state index in [9.17, 15) is 8.42 Å². The van der Waals surface area contributed by atoms with Gasteiger partial charge in [0.05, 0.1) is 0 Å². The minimum absolute atomic E-state index is 0.112. The zero-order valence-electron chi connectivity index (χ0n) is 10.2. The number of hydrogen-bond acceptors (Lipinski definition) is 3. The van der Waals surface area contributed by atoms with Crippen LogP contribution in [0.2, 0.25) is 0 Å². The van der Waals surface area contributed by atoms with Crippen molar-refractivity contribution in [3.63, 3.8) is 0 Å². The number of anilines is 1. The highest BCUT2D eigenvalue weighted by molar-refractivity contribution is 9.10. The van der Waals surface area contributed by atoms with Crippen LogP contribution >= 0.6 is 15.9 Å². The van der Waals surface area contributed by atoms with Gasteiger partial charge in [-0.1, -0.05) is 0 Å². The first-order chi connectivity index (χ1) is 9.54. The van der Waals surface area contributed by atoms with E-state index in [1.165, 1.54) is 18.5 Å². The van der Waals surface area contributed by atoms with Gasteiger partial charge in [-0.25, -0.2) is 8.42 Å². The normalized spacial score (nSPS) is 11.7. The van der Waals surface area contributed by atoms with E-state index in [1.807, 2.05) is 12.1 Å². The van der Waals surface area contributed by atoms with Crippen LogP contribution in [0.25, 0.3) is 10.9 Å². The molecule has 3 aromatic rings. The van der Waals surface area contributed by atoms with Gasteiger partial charge in [-0.3, -0.25) is 9.71 Å². The van der Waals surface area contributed by atoms with E-state index in [0.29, 0.717) is 10.2 Å². The molecule has 2 heterocycles. The summed E-state index contributed by atoms with van der Waals surface area (Å²) in [7, 11) is -3.64. The fourth-order valence-electron chi connectivity index (χ4n) is 1.87. The zero-order chi connectivity index (χ0) is 14.2. The van der Waals surface area contributed by atoms with Crippen molar-refractivity contribution in [2.75, 3.05) is 4.72 Å². The minimum atomic E-state index is -3.64. The van der Waals surface area contributed by atoms with E-state index in [0.717, 1.165) is 10.9 Å². The van der Waals surface area contributed by atoms with Crippen LogP contribution in [-0.4, -0.2) is 18.4 Å². The average Bonchev–Trinajstić information content (AvgIpc) is 2.85. The quantitative estimate of drug-likeness (QED) is 0.761. The van der Waals surface area contributed by atoms with E-state index < -0.39 is 10.0 Å². The molecule has 0 atom stereocenters. The average molecular weight is 352 g/mol. The molecule has 102 valence electrons. The Hall–Kier alpha value is -1.86. The predicted molar refractivity (Wildman–Crippen MR) is 81.0 cm³/mol. The molecule has 7 heteroatoms. The standard InChI is InChI=1S/C13H10BrN3O2S/c14-10-6-12(8-15-7-10)20(18,19)17-11-1-2-13-9(5-11)3-4-16-13/h1-8,16-17H. The van der Waals surface area contributed by atoms with Crippen LogP contribution < -0.4 is 4.72 Å². The molecule has 0 bridgehead atoms. The summed E-state index contributed by atoms with van der Waals surface area (Å²) in [6, 6.07) is 8.70. The molecule has 2 N–H and O–H groups in total. The lowest BCUT2D eigenvalue weighted by molar-refractivity contribution is 0.600. The van der Waals surface area contributed by atoms with Gasteiger partial charge in [-0.2, -0.15) is 0 Å². The SMILES string of the molecule is O=S(=O)(Nc1ccc2[nH]ccc2c1)c1cncc(Br)c1. The van der Waals surface area contributed by atoms with Gasteiger partial charge in [-0.05, 0) is 46.3 Å². The summed E-state index contributed by atoms with van der Waals surface area (Å²) in [4.78, 5) is 7.03. The Balaban J connectivity index is 1.96. The zero-order valence-corrected chi connectivity index (χ0v) is 12.6. The van der Waals surface area contributed by atoms with Crippen molar-refractivity contribution >= 4 is 42.5 Å². The molecule has 0 fully saturated rings. The van der Waals surface area contributed by atoms with Gasteiger partial charge in [0.25, 0.3) is 10.0 Å². The third-order valence-electron chi connectivity index (χ3n) is 2.80. The highest BCUT2D eigenvalue weighted by Gasteiger charge is 2.15. The number of H-pyrrole nitrogens is 1. The van der Waals surface area contributed by atoms with Crippen LogP contribution in [0.1, 0.15) is 0 Å². The maximum Gasteiger partial charge on any atom is 0.263 e. The van der Waals surface area contributed by atoms with Crippen LogP contribution in [0.3, 0.4) is 0 Å². The van der Waals surface area contributed by atoms with Crippen LogP contribution in [0.15, 0.2) is 58.3 Å². The summed E-state index contributed by atoms with van der Waals surface area (Å²) in [5, 5.41) is 0.942. The van der Waals surface area contributed by atoms with E-state index in [4.69, 9.17) is 0 Å². The number of aromatic amines is 1. The molecule has 2 aromatic heterocycles. The van der Waals surface area contributed by atoms with Crippen LogP contribution in [-0.2, 0) is 10.0 Å². The second-order valence-corrected chi connectivity index (χ2v) is 6.82. The molecule has 3 rings (SSSR count). The van der Waals surface area contributed by atoms with E-state index in [-0.39, 0.29) is 4.90 Å². The lowest BCUT2D eigenvalue weighted by atomic mass is 10.2. The lowest BCUT2D eigenvalue weighted by Crippen LogP contribution is -2.13. The highest BCUT2D eigenvalue weighted by atomic mass is 79.9. The second-order valence-electron chi connectivity index (χ2n) is 4.22. The fourth-order valence-corrected chi connectivity index (χ4v) is 3.42. The Bertz CT molecular complexity index is 874. The van der Waals surface area contributed by atoms with Gasteiger partial charge in [0, 0.05) is 39.7 Å². The summed E-state index contributed by atoms with van der Waals surface area (Å²) in [6.45, 7) is 0. The fraction of sp³-hybridized carbons (Fsp3) is 0. The van der Waals surface area contributed by atoms with Gasteiger partial charge in [0.2, 0.25) is 0 Å². The van der Waals surface area contributed by atoms with Crippen molar-refractivity contribution in [2.45, 2.75) is 4.90 Å². The topological polar surface area (TPSA) is 74.8 Å². The number of rotatable bonds is 3. The Kier molecular flexibility index (Phi) is 3.23. The van der Waals surface area contributed by atoms with Crippen molar-refractivity contribution in [1.29, 1.82) is 0 Å². The molecule has 20 heavy (non-hydrogen) atoms. The molecular formula is C13H10BrN3O2S. The maximum absolute atomic E-state index is 12.2. The first kappa shape index (κ1) is 13.1. The number of fused-ring (bicyclic) bond motifs is 1. The largest absolute Gasteiger partial charge is 0.361 e. The molecule has 0 aliphatic carbocycles. The van der Waals surface area contributed by atoms with Gasteiger partial charge in [-0.15, -0.1) is 0 Å². The van der Waals surface area contributed by atoms with Gasteiger partial charge < -0.3 is 4.98 Å². The predicted octanol–water partition coefficient (Wildman–Crippen LogP) is 3.13. The third kappa shape index (κ3) is 2.54. The molecule has 0 aliphatic heterocycles. The molecule has 0 unspecified atom stereocenters. The molecule has 0 amide bonds. The number of nitrogens with zero attached hydrogens (tertiary/aromatic N) is 1. The Morgan fingerprint density at radius 2 is 2.00 bits per heavy atom. The van der Waals surface area contributed by atoms with Crippen molar-refractivity contribution in [3.8, 4) is 0 Å². The first-order valence-corrected chi connectivity index (χ1v) is 8.03. The molecule has 0 saturated heterocycles. The highest BCUT2D eigenvalue weighted by Crippen LogP contribution is 2.21. The molecule has 5 nitrogen and oxygen atoms in total. The summed E-state index contributed by atoms with van der Waals surface area (Å²) in [6.07, 6.45) is 4.65. The van der Waals surface area contributed by atoms with Gasteiger partial charge >= 0.3 is 0 Å². The minimum Gasteiger partial charge on any atom is -0.361 e. The first-order valence-electron chi connectivity index (χ1n) is 5.75. The molecule has 1 aromatic carbocycles. The Labute approximate surface area is 124 Å². The third-order valence-corrected chi connectivity index (χ3v) is 4.58. The monoisotopic (exact) mass is 351 g/mol. The van der Waals surface area contributed by atoms with Gasteiger partial charge in [0.15, 0.2) is 0 Å². The number of aromatic nitrogens is 2. The lowest BCUT2D eigenvalue weighted by Gasteiger charge is -2.08. The summed E-state index contributed by atoms with van der Waals surface area (Å²) in [5.74, 6) is 0. The Morgan fingerprint density at radius 3 is 2.80 bits per heavy atom. The molecule has 0 saturated carbocycles. The Morgan fingerprint density at radius 1 is 1.15 bits per heavy atom. The smallest absolute Gasteiger partial charge is 0.263 e. The number of benzene rings is 1. The number of sulfonamides is 1. The van der Waals surface area contributed by atoms with Crippen molar-refractivity contribution in [1.82, 2.24) is 9.97 Å². The van der Waals surface area contributed by atoms with Crippen LogP contribution in [0.4, 0.5) is 5.69 Å². The molecule has 0 spiro atoms. The summed E-state index contributed by atoms with van der Waals surface area (Å²) >= 11 is 3.21. The molecular weight excluding hydrogens is 342 g/mol. The van der Waals surface area contributed by atoms with E-state index in [2.05, 4.69) is 30.6 Å². The number of hydrogen-bond donors (Lipinski definition) is 2. The van der Waals surface area contributed by atoms with Gasteiger partial charge in [0.1, 0.15) is 4.90 Å². The van der Waals surface area contributed by atoms with Crippen molar-refractivity contribution < 1.29 is 8.42 Å². The van der Waals surface area contributed by atoms with E-state index in [1.54, 1.807) is 18.3 Å². The molecule has 0 aliphatic rings. The number of halogens is 1. The maximum atomic E-state index is 12.2. The summed E-state index contributed by atoms with van der Waals surface area (Å²) in [5.41, 5.74) is 1.47.